The highest BCUT2D eigenvalue weighted by Gasteiger charge is 2.33. The Hall–Kier alpha value is -0.120. The van der Waals surface area contributed by atoms with Gasteiger partial charge in [0.15, 0.2) is 0 Å². The van der Waals surface area contributed by atoms with Crippen molar-refractivity contribution in [3.8, 4) is 0 Å². The molecule has 0 aliphatic heterocycles. The van der Waals surface area contributed by atoms with Crippen LogP contribution in [0.5, 0.6) is 0 Å². The fourth-order valence-corrected chi connectivity index (χ4v) is 3.43. The van der Waals surface area contributed by atoms with E-state index >= 15 is 0 Å². The first kappa shape index (κ1) is 15.3. The highest BCUT2D eigenvalue weighted by molar-refractivity contribution is 4.87. The molecule has 0 aromatic rings. The first-order valence-corrected chi connectivity index (χ1v) is 8.13. The molecule has 3 unspecified atom stereocenters. The minimum Gasteiger partial charge on any atom is -0.393 e. The van der Waals surface area contributed by atoms with Crippen LogP contribution >= 0.6 is 0 Å². The van der Waals surface area contributed by atoms with Gasteiger partial charge in [0.05, 0.1) is 12.7 Å². The first-order chi connectivity index (χ1) is 9.22. The summed E-state index contributed by atoms with van der Waals surface area (Å²) in [5, 5.41) is 10.3. The summed E-state index contributed by atoms with van der Waals surface area (Å²) in [5.41, 5.74) is 0. The quantitative estimate of drug-likeness (QED) is 0.721. The molecule has 3 heteroatoms. The summed E-state index contributed by atoms with van der Waals surface area (Å²) in [6, 6.07) is 0.658. The summed E-state index contributed by atoms with van der Waals surface area (Å²) < 4.78 is 5.26. The first-order valence-electron chi connectivity index (χ1n) is 8.13. The van der Waals surface area contributed by atoms with Crippen LogP contribution in [0.2, 0.25) is 0 Å². The monoisotopic (exact) mass is 269 g/mol. The van der Waals surface area contributed by atoms with Crippen LogP contribution in [0.15, 0.2) is 0 Å². The second kappa shape index (κ2) is 7.61. The van der Waals surface area contributed by atoms with Crippen LogP contribution in [0.3, 0.4) is 0 Å². The lowest BCUT2D eigenvalue weighted by atomic mass is 9.95. The molecule has 2 fully saturated rings. The normalized spacial score (nSPS) is 30.3. The van der Waals surface area contributed by atoms with Crippen LogP contribution in [0.25, 0.3) is 0 Å². The summed E-state index contributed by atoms with van der Waals surface area (Å²) in [4.78, 5) is 2.57. The van der Waals surface area contributed by atoms with Gasteiger partial charge in [0.25, 0.3) is 0 Å². The Balaban J connectivity index is 1.88. The Kier molecular flexibility index (Phi) is 6.11. The van der Waals surface area contributed by atoms with Gasteiger partial charge in [0, 0.05) is 26.2 Å². The second-order valence-corrected chi connectivity index (χ2v) is 6.53. The molecule has 3 nitrogen and oxygen atoms in total. The molecular formula is C16H31NO2. The predicted octanol–water partition coefficient (Wildman–Crippen LogP) is 2.67. The summed E-state index contributed by atoms with van der Waals surface area (Å²) in [7, 11) is 1.78. The fourth-order valence-electron chi connectivity index (χ4n) is 3.43. The van der Waals surface area contributed by atoms with E-state index in [4.69, 9.17) is 4.74 Å². The maximum absolute atomic E-state index is 10.3. The molecule has 2 saturated carbocycles. The van der Waals surface area contributed by atoms with Crippen molar-refractivity contribution in [2.75, 3.05) is 26.8 Å². The van der Waals surface area contributed by atoms with Crippen molar-refractivity contribution < 1.29 is 9.84 Å². The Morgan fingerprint density at radius 1 is 1.16 bits per heavy atom. The van der Waals surface area contributed by atoms with Crippen LogP contribution < -0.4 is 0 Å². The van der Waals surface area contributed by atoms with Crippen LogP contribution in [0, 0.1) is 11.8 Å². The van der Waals surface area contributed by atoms with E-state index in [0.717, 1.165) is 32.0 Å². The number of aliphatic hydroxyl groups is 1. The van der Waals surface area contributed by atoms with Crippen molar-refractivity contribution in [1.29, 1.82) is 0 Å². The molecule has 19 heavy (non-hydrogen) atoms. The maximum Gasteiger partial charge on any atom is 0.0589 e. The van der Waals surface area contributed by atoms with Crippen molar-refractivity contribution in [3.05, 3.63) is 0 Å². The molecule has 2 aliphatic rings. The van der Waals surface area contributed by atoms with E-state index < -0.39 is 0 Å². The van der Waals surface area contributed by atoms with E-state index in [1.54, 1.807) is 7.11 Å². The van der Waals surface area contributed by atoms with Crippen molar-refractivity contribution >= 4 is 0 Å². The second-order valence-electron chi connectivity index (χ2n) is 6.53. The fraction of sp³-hybridized carbons (Fsp3) is 1.00. The predicted molar refractivity (Wildman–Crippen MR) is 78.2 cm³/mol. The highest BCUT2D eigenvalue weighted by atomic mass is 16.5. The van der Waals surface area contributed by atoms with E-state index in [1.807, 2.05) is 0 Å². The number of nitrogens with zero attached hydrogens (tertiary/aromatic N) is 1. The average molecular weight is 269 g/mol. The molecule has 1 N–H and O–H groups in total. The molecule has 0 amide bonds. The molecule has 112 valence electrons. The largest absolute Gasteiger partial charge is 0.393 e. The van der Waals surface area contributed by atoms with Crippen LogP contribution in [-0.4, -0.2) is 49.0 Å². The van der Waals surface area contributed by atoms with E-state index in [1.165, 1.54) is 38.5 Å². The van der Waals surface area contributed by atoms with Gasteiger partial charge in [0.2, 0.25) is 0 Å². The Bertz CT molecular complexity index is 255. The summed E-state index contributed by atoms with van der Waals surface area (Å²) in [6.45, 7) is 5.23. The number of ether oxygens (including phenoxy) is 1. The number of hydrogen-bond acceptors (Lipinski definition) is 3. The van der Waals surface area contributed by atoms with Crippen molar-refractivity contribution in [3.63, 3.8) is 0 Å². The van der Waals surface area contributed by atoms with E-state index in [0.29, 0.717) is 12.0 Å². The van der Waals surface area contributed by atoms with Crippen LogP contribution in [-0.2, 0) is 4.74 Å². The number of rotatable bonds is 7. The zero-order valence-corrected chi connectivity index (χ0v) is 12.7. The molecular weight excluding hydrogens is 238 g/mol. The van der Waals surface area contributed by atoms with Gasteiger partial charge in [-0.3, -0.25) is 4.90 Å². The Morgan fingerprint density at radius 2 is 1.89 bits per heavy atom. The number of hydrogen-bond donors (Lipinski definition) is 1. The molecule has 2 rings (SSSR count). The zero-order chi connectivity index (χ0) is 13.7. The van der Waals surface area contributed by atoms with E-state index in [9.17, 15) is 5.11 Å². The molecule has 0 aromatic heterocycles. The molecule has 0 aromatic carbocycles. The van der Waals surface area contributed by atoms with Crippen LogP contribution in [0.4, 0.5) is 0 Å². The molecule has 0 radical (unpaired) electrons. The van der Waals surface area contributed by atoms with E-state index in [2.05, 4.69) is 11.8 Å². The smallest absolute Gasteiger partial charge is 0.0589 e. The molecule has 3 atom stereocenters. The van der Waals surface area contributed by atoms with Crippen LogP contribution in [0.1, 0.15) is 51.9 Å². The summed E-state index contributed by atoms with van der Waals surface area (Å²) in [6.07, 6.45) is 8.67. The standard InChI is InChI=1S/C16H31NO2/c1-13(14-8-9-14)17(10-11-19-2)12-15-6-4-3-5-7-16(15)18/h13-16,18H,3-12H2,1-2H3. The van der Waals surface area contributed by atoms with Gasteiger partial charge in [-0.15, -0.1) is 0 Å². The average Bonchev–Trinajstić information content (AvgIpc) is 3.23. The van der Waals surface area contributed by atoms with Gasteiger partial charge in [0.1, 0.15) is 0 Å². The third-order valence-corrected chi connectivity index (χ3v) is 5.05. The summed E-state index contributed by atoms with van der Waals surface area (Å²) in [5.74, 6) is 1.36. The number of aliphatic hydroxyl groups excluding tert-OH is 1. The third kappa shape index (κ3) is 4.73. The Labute approximate surface area is 118 Å². The van der Waals surface area contributed by atoms with Gasteiger partial charge in [-0.05, 0) is 44.4 Å². The van der Waals surface area contributed by atoms with E-state index in [-0.39, 0.29) is 6.10 Å². The lowest BCUT2D eigenvalue weighted by Crippen LogP contribution is -2.42. The maximum atomic E-state index is 10.3. The Morgan fingerprint density at radius 3 is 2.58 bits per heavy atom. The minimum atomic E-state index is -0.0843. The SMILES string of the molecule is COCCN(CC1CCCCCC1O)C(C)C1CC1. The zero-order valence-electron chi connectivity index (χ0n) is 12.7. The molecule has 0 heterocycles. The van der Waals surface area contributed by atoms with Gasteiger partial charge < -0.3 is 9.84 Å². The molecule has 0 saturated heterocycles. The molecule has 0 spiro atoms. The topological polar surface area (TPSA) is 32.7 Å². The van der Waals surface area contributed by atoms with Crippen molar-refractivity contribution in [2.45, 2.75) is 64.0 Å². The summed E-state index contributed by atoms with van der Waals surface area (Å²) >= 11 is 0. The van der Waals surface area contributed by atoms with Gasteiger partial charge in [-0.25, -0.2) is 0 Å². The lowest BCUT2D eigenvalue weighted by Gasteiger charge is -2.34. The van der Waals surface area contributed by atoms with Gasteiger partial charge in [-0.1, -0.05) is 19.3 Å². The van der Waals surface area contributed by atoms with Gasteiger partial charge in [-0.2, -0.15) is 0 Å². The third-order valence-electron chi connectivity index (χ3n) is 5.05. The molecule has 2 aliphatic carbocycles. The van der Waals surface area contributed by atoms with Crippen molar-refractivity contribution in [2.24, 2.45) is 11.8 Å². The van der Waals surface area contributed by atoms with Gasteiger partial charge >= 0.3 is 0 Å². The minimum absolute atomic E-state index is 0.0843. The molecule has 0 bridgehead atoms. The lowest BCUT2D eigenvalue weighted by molar-refractivity contribution is 0.0466. The van der Waals surface area contributed by atoms with Crippen molar-refractivity contribution in [1.82, 2.24) is 4.90 Å². The highest BCUT2D eigenvalue weighted by Crippen LogP contribution is 2.36. The number of methoxy groups -OCH3 is 1.